The summed E-state index contributed by atoms with van der Waals surface area (Å²) in [4.78, 5) is 4.64. The number of hydrogen-bond acceptors (Lipinski definition) is 2. The van der Waals surface area contributed by atoms with Crippen LogP contribution in [0.15, 0.2) is 12.1 Å². The molecule has 0 bridgehead atoms. The Kier molecular flexibility index (Phi) is 4.09. The summed E-state index contributed by atoms with van der Waals surface area (Å²) in [5.74, 6) is -1.03. The SMILES string of the molecule is CCCCc1nc2cc(F)c(F)cc2n1CC(N)=S. The maximum atomic E-state index is 13.3. The van der Waals surface area contributed by atoms with Crippen LogP contribution in [0.3, 0.4) is 0 Å². The van der Waals surface area contributed by atoms with Gasteiger partial charge in [0.15, 0.2) is 11.6 Å². The first-order valence-corrected chi connectivity index (χ1v) is 6.56. The van der Waals surface area contributed by atoms with Crippen molar-refractivity contribution in [3.05, 3.63) is 29.6 Å². The maximum absolute atomic E-state index is 13.3. The molecule has 1 aromatic heterocycles. The van der Waals surface area contributed by atoms with Crippen molar-refractivity contribution >= 4 is 28.2 Å². The van der Waals surface area contributed by atoms with Crippen LogP contribution in [0.2, 0.25) is 0 Å². The van der Waals surface area contributed by atoms with Gasteiger partial charge in [0.2, 0.25) is 0 Å². The molecule has 0 spiro atoms. The second-order valence-corrected chi connectivity index (χ2v) is 4.96. The van der Waals surface area contributed by atoms with Crippen LogP contribution in [0, 0.1) is 11.6 Å². The summed E-state index contributed by atoms with van der Waals surface area (Å²) >= 11 is 4.90. The van der Waals surface area contributed by atoms with Crippen LogP contribution in [0.25, 0.3) is 11.0 Å². The van der Waals surface area contributed by atoms with Gasteiger partial charge in [-0.05, 0) is 6.42 Å². The number of benzene rings is 1. The van der Waals surface area contributed by atoms with Gasteiger partial charge in [-0.1, -0.05) is 25.6 Å². The molecule has 0 fully saturated rings. The van der Waals surface area contributed by atoms with Crippen LogP contribution in [0.1, 0.15) is 25.6 Å². The van der Waals surface area contributed by atoms with E-state index >= 15 is 0 Å². The number of halogens is 2. The Labute approximate surface area is 115 Å². The van der Waals surface area contributed by atoms with E-state index in [2.05, 4.69) is 11.9 Å². The van der Waals surface area contributed by atoms with Gasteiger partial charge in [-0.15, -0.1) is 0 Å². The molecule has 0 unspecified atom stereocenters. The van der Waals surface area contributed by atoms with Crippen molar-refractivity contribution in [1.29, 1.82) is 0 Å². The van der Waals surface area contributed by atoms with Crippen LogP contribution in [-0.4, -0.2) is 14.5 Å². The van der Waals surface area contributed by atoms with Crippen molar-refractivity contribution in [3.8, 4) is 0 Å². The van der Waals surface area contributed by atoms with Crippen molar-refractivity contribution in [1.82, 2.24) is 9.55 Å². The Hall–Kier alpha value is -1.56. The zero-order valence-corrected chi connectivity index (χ0v) is 11.4. The molecule has 0 aliphatic carbocycles. The van der Waals surface area contributed by atoms with E-state index in [1.54, 1.807) is 4.57 Å². The summed E-state index contributed by atoms with van der Waals surface area (Å²) in [6.45, 7) is 2.36. The first-order chi connectivity index (χ1) is 9.02. The summed E-state index contributed by atoms with van der Waals surface area (Å²) in [6, 6.07) is 2.25. The highest BCUT2D eigenvalue weighted by molar-refractivity contribution is 7.80. The smallest absolute Gasteiger partial charge is 0.161 e. The predicted molar refractivity (Wildman–Crippen MR) is 75.0 cm³/mol. The van der Waals surface area contributed by atoms with Crippen LogP contribution in [0.5, 0.6) is 0 Å². The highest BCUT2D eigenvalue weighted by atomic mass is 32.1. The van der Waals surface area contributed by atoms with E-state index in [0.29, 0.717) is 16.0 Å². The number of aromatic nitrogens is 2. The summed E-state index contributed by atoms with van der Waals surface area (Å²) in [5, 5.41) is 0. The van der Waals surface area contributed by atoms with Gasteiger partial charge in [0.1, 0.15) is 5.82 Å². The van der Waals surface area contributed by atoms with Crippen molar-refractivity contribution in [2.45, 2.75) is 32.7 Å². The van der Waals surface area contributed by atoms with Gasteiger partial charge in [0.05, 0.1) is 22.6 Å². The number of nitrogens with zero attached hydrogens (tertiary/aromatic N) is 2. The summed E-state index contributed by atoms with van der Waals surface area (Å²) in [5.41, 5.74) is 6.51. The van der Waals surface area contributed by atoms with Crippen molar-refractivity contribution in [2.24, 2.45) is 5.73 Å². The van der Waals surface area contributed by atoms with Gasteiger partial charge in [-0.3, -0.25) is 0 Å². The Balaban J connectivity index is 2.55. The van der Waals surface area contributed by atoms with Gasteiger partial charge >= 0.3 is 0 Å². The highest BCUT2D eigenvalue weighted by Gasteiger charge is 2.14. The van der Waals surface area contributed by atoms with Gasteiger partial charge in [-0.25, -0.2) is 13.8 Å². The topological polar surface area (TPSA) is 43.8 Å². The molecule has 0 saturated carbocycles. The minimum absolute atomic E-state index is 0.288. The third-order valence-corrected chi connectivity index (χ3v) is 3.07. The predicted octanol–water partition coefficient (Wildman–Crippen LogP) is 2.94. The van der Waals surface area contributed by atoms with Crippen LogP contribution in [0.4, 0.5) is 8.78 Å². The minimum atomic E-state index is -0.894. The molecule has 102 valence electrons. The lowest BCUT2D eigenvalue weighted by molar-refractivity contribution is 0.510. The number of imidazole rings is 1. The molecular formula is C13H15F2N3S. The molecule has 0 radical (unpaired) electrons. The number of fused-ring (bicyclic) bond motifs is 1. The molecule has 19 heavy (non-hydrogen) atoms. The monoisotopic (exact) mass is 283 g/mol. The summed E-state index contributed by atoms with van der Waals surface area (Å²) < 4.78 is 28.3. The molecule has 0 aliphatic heterocycles. The number of unbranched alkanes of at least 4 members (excludes halogenated alkanes) is 1. The number of rotatable bonds is 5. The van der Waals surface area contributed by atoms with Gasteiger partial charge < -0.3 is 10.3 Å². The maximum Gasteiger partial charge on any atom is 0.161 e. The van der Waals surface area contributed by atoms with Crippen LogP contribution < -0.4 is 5.73 Å². The van der Waals surface area contributed by atoms with Gasteiger partial charge in [0, 0.05) is 18.6 Å². The molecule has 6 heteroatoms. The van der Waals surface area contributed by atoms with E-state index < -0.39 is 11.6 Å². The Morgan fingerprint density at radius 1 is 1.37 bits per heavy atom. The van der Waals surface area contributed by atoms with Gasteiger partial charge in [0.25, 0.3) is 0 Å². The summed E-state index contributed by atoms with van der Waals surface area (Å²) in [6.07, 6.45) is 2.70. The van der Waals surface area contributed by atoms with Crippen LogP contribution >= 0.6 is 12.2 Å². The summed E-state index contributed by atoms with van der Waals surface area (Å²) in [7, 11) is 0. The molecular weight excluding hydrogens is 268 g/mol. The zero-order chi connectivity index (χ0) is 14.0. The third kappa shape index (κ3) is 2.89. The zero-order valence-electron chi connectivity index (χ0n) is 10.6. The average molecular weight is 283 g/mol. The standard InChI is InChI=1S/C13H15F2N3S/c1-2-3-4-13-17-10-5-8(14)9(15)6-11(10)18(13)7-12(16)19/h5-6H,2-4,7H2,1H3,(H2,16,19). The highest BCUT2D eigenvalue weighted by Crippen LogP contribution is 2.21. The molecule has 3 nitrogen and oxygen atoms in total. The second kappa shape index (κ2) is 5.61. The number of aryl methyl sites for hydroxylation is 1. The van der Waals surface area contributed by atoms with E-state index in [-0.39, 0.29) is 6.54 Å². The normalized spacial score (nSPS) is 11.1. The molecule has 1 aromatic carbocycles. The fourth-order valence-corrected chi connectivity index (χ4v) is 2.16. The van der Waals surface area contributed by atoms with Crippen molar-refractivity contribution in [3.63, 3.8) is 0 Å². The largest absolute Gasteiger partial charge is 0.392 e. The van der Waals surface area contributed by atoms with E-state index in [1.165, 1.54) is 0 Å². The van der Waals surface area contributed by atoms with Crippen LogP contribution in [-0.2, 0) is 13.0 Å². The number of nitrogens with two attached hydrogens (primary N) is 1. The van der Waals surface area contributed by atoms with Crippen molar-refractivity contribution in [2.75, 3.05) is 0 Å². The third-order valence-electron chi connectivity index (χ3n) is 2.94. The molecule has 2 aromatic rings. The fourth-order valence-electron chi connectivity index (χ4n) is 2.03. The Bertz CT molecular complexity index is 622. The quantitative estimate of drug-likeness (QED) is 0.858. The molecule has 0 saturated heterocycles. The molecule has 1 heterocycles. The molecule has 2 rings (SSSR count). The van der Waals surface area contributed by atoms with Crippen molar-refractivity contribution < 1.29 is 8.78 Å². The molecule has 0 amide bonds. The lowest BCUT2D eigenvalue weighted by atomic mass is 10.2. The second-order valence-electron chi connectivity index (χ2n) is 4.44. The minimum Gasteiger partial charge on any atom is -0.392 e. The molecule has 0 atom stereocenters. The molecule has 0 aliphatic rings. The van der Waals surface area contributed by atoms with E-state index in [1.807, 2.05) is 0 Å². The Morgan fingerprint density at radius 2 is 2.05 bits per heavy atom. The lowest BCUT2D eigenvalue weighted by Gasteiger charge is -2.07. The number of thiocarbonyl (C=S) groups is 1. The first kappa shape index (κ1) is 13.9. The van der Waals surface area contributed by atoms with E-state index in [4.69, 9.17) is 18.0 Å². The number of hydrogen-bond donors (Lipinski definition) is 1. The van der Waals surface area contributed by atoms with Gasteiger partial charge in [-0.2, -0.15) is 0 Å². The first-order valence-electron chi connectivity index (χ1n) is 6.15. The fraction of sp³-hybridized carbons (Fsp3) is 0.385. The van der Waals surface area contributed by atoms with E-state index in [9.17, 15) is 8.78 Å². The molecule has 2 N–H and O–H groups in total. The lowest BCUT2D eigenvalue weighted by Crippen LogP contribution is -2.18. The Morgan fingerprint density at radius 3 is 2.68 bits per heavy atom. The van der Waals surface area contributed by atoms with E-state index in [0.717, 1.165) is 37.2 Å². The average Bonchev–Trinajstić information content (AvgIpc) is 2.65.